The number of rotatable bonds is 7. The monoisotopic (exact) mass is 194 g/mol. The minimum Gasteiger partial charge on any atom is -0.0885 e. The zero-order valence-electron chi connectivity index (χ0n) is 10.3. The Morgan fingerprint density at radius 1 is 1.14 bits per heavy atom. The number of hydrogen-bond donors (Lipinski definition) is 0. The average molecular weight is 194 g/mol. The molecule has 0 nitrogen and oxygen atoms in total. The van der Waals surface area contributed by atoms with Crippen LogP contribution in [0.15, 0.2) is 23.8 Å². The van der Waals surface area contributed by atoms with E-state index in [1.165, 1.54) is 37.7 Å². The summed E-state index contributed by atoms with van der Waals surface area (Å²) in [6.07, 6.45) is 13.4. The third-order valence-corrected chi connectivity index (χ3v) is 2.42. The lowest BCUT2D eigenvalue weighted by Crippen LogP contribution is -1.92. The fraction of sp³-hybridized carbons (Fsp3) is 0.714. The van der Waals surface area contributed by atoms with E-state index in [1.807, 2.05) is 0 Å². The molecule has 0 amide bonds. The Bertz CT molecular complexity index is 170. The highest BCUT2D eigenvalue weighted by molar-refractivity contribution is 4.99. The summed E-state index contributed by atoms with van der Waals surface area (Å²) in [5.41, 5.74) is 1.44. The van der Waals surface area contributed by atoms with E-state index in [9.17, 15) is 0 Å². The highest BCUT2D eigenvalue weighted by Crippen LogP contribution is 2.13. The summed E-state index contributed by atoms with van der Waals surface area (Å²) in [5, 5.41) is 0. The molecule has 0 saturated heterocycles. The van der Waals surface area contributed by atoms with E-state index < -0.39 is 0 Å². The summed E-state index contributed by atoms with van der Waals surface area (Å²) in [6, 6.07) is 0. The van der Waals surface area contributed by atoms with Gasteiger partial charge < -0.3 is 0 Å². The van der Waals surface area contributed by atoms with E-state index in [-0.39, 0.29) is 0 Å². The Morgan fingerprint density at radius 3 is 2.36 bits per heavy atom. The van der Waals surface area contributed by atoms with Gasteiger partial charge in [-0.1, -0.05) is 50.5 Å². The van der Waals surface area contributed by atoms with Crippen molar-refractivity contribution in [2.75, 3.05) is 0 Å². The van der Waals surface area contributed by atoms with E-state index in [0.717, 1.165) is 5.92 Å². The fourth-order valence-corrected chi connectivity index (χ4v) is 1.53. The van der Waals surface area contributed by atoms with Gasteiger partial charge in [0.15, 0.2) is 0 Å². The lowest BCUT2D eigenvalue weighted by molar-refractivity contribution is 0.632. The molecule has 0 saturated carbocycles. The molecular weight excluding hydrogens is 168 g/mol. The van der Waals surface area contributed by atoms with Crippen LogP contribution in [0.4, 0.5) is 0 Å². The molecule has 0 aliphatic heterocycles. The van der Waals surface area contributed by atoms with Crippen molar-refractivity contribution < 1.29 is 0 Å². The van der Waals surface area contributed by atoms with Crippen LogP contribution in [-0.2, 0) is 0 Å². The molecule has 0 aromatic carbocycles. The van der Waals surface area contributed by atoms with Gasteiger partial charge in [-0.3, -0.25) is 0 Å². The van der Waals surface area contributed by atoms with Crippen LogP contribution in [0.5, 0.6) is 0 Å². The van der Waals surface area contributed by atoms with Crippen molar-refractivity contribution in [3.8, 4) is 0 Å². The maximum absolute atomic E-state index is 2.39. The highest BCUT2D eigenvalue weighted by atomic mass is 14.0. The summed E-state index contributed by atoms with van der Waals surface area (Å²) in [4.78, 5) is 0. The summed E-state index contributed by atoms with van der Waals surface area (Å²) in [6.45, 7) is 8.88. The topological polar surface area (TPSA) is 0 Å². The molecule has 0 aliphatic rings. The minimum atomic E-state index is 0.748. The van der Waals surface area contributed by atoms with Gasteiger partial charge in [0, 0.05) is 0 Å². The zero-order chi connectivity index (χ0) is 10.8. The second kappa shape index (κ2) is 9.05. The lowest BCUT2D eigenvalue weighted by Gasteiger charge is -2.07. The van der Waals surface area contributed by atoms with E-state index in [0.29, 0.717) is 0 Å². The molecule has 0 fully saturated rings. The van der Waals surface area contributed by atoms with E-state index >= 15 is 0 Å². The molecule has 0 aliphatic carbocycles. The van der Waals surface area contributed by atoms with Crippen LogP contribution < -0.4 is 0 Å². The van der Waals surface area contributed by atoms with Crippen molar-refractivity contribution in [1.82, 2.24) is 0 Å². The zero-order valence-corrected chi connectivity index (χ0v) is 10.3. The third kappa shape index (κ3) is 8.10. The van der Waals surface area contributed by atoms with Crippen LogP contribution in [0.3, 0.4) is 0 Å². The molecule has 0 aromatic heterocycles. The highest BCUT2D eigenvalue weighted by Gasteiger charge is 1.98. The molecule has 1 atom stereocenters. The Morgan fingerprint density at radius 2 is 1.86 bits per heavy atom. The molecule has 0 aromatic rings. The van der Waals surface area contributed by atoms with Crippen molar-refractivity contribution in [2.45, 2.75) is 59.8 Å². The van der Waals surface area contributed by atoms with Gasteiger partial charge in [0.25, 0.3) is 0 Å². The molecule has 14 heavy (non-hydrogen) atoms. The number of unbranched alkanes of at least 4 members (excludes halogenated alkanes) is 2. The molecule has 0 spiro atoms. The van der Waals surface area contributed by atoms with Gasteiger partial charge in [0.2, 0.25) is 0 Å². The predicted octanol–water partition coefficient (Wildman–Crippen LogP) is 5.12. The van der Waals surface area contributed by atoms with E-state index in [4.69, 9.17) is 0 Å². The van der Waals surface area contributed by atoms with Crippen LogP contribution in [0, 0.1) is 5.92 Å². The van der Waals surface area contributed by atoms with Crippen LogP contribution >= 0.6 is 0 Å². The third-order valence-electron chi connectivity index (χ3n) is 2.42. The number of allylic oxidation sites excluding steroid dienone is 4. The van der Waals surface area contributed by atoms with Crippen molar-refractivity contribution in [2.24, 2.45) is 5.92 Å². The van der Waals surface area contributed by atoms with E-state index in [1.54, 1.807) is 0 Å². The first-order valence-corrected chi connectivity index (χ1v) is 6.00. The molecule has 0 heterocycles. The maximum Gasteiger partial charge on any atom is -0.0199 e. The molecule has 0 rings (SSSR count). The van der Waals surface area contributed by atoms with Crippen molar-refractivity contribution in [3.63, 3.8) is 0 Å². The molecule has 0 N–H and O–H groups in total. The molecular formula is C14H26. The van der Waals surface area contributed by atoms with Crippen LogP contribution in [-0.4, -0.2) is 0 Å². The summed E-state index contributed by atoms with van der Waals surface area (Å²) in [5.74, 6) is 0.748. The second-order valence-corrected chi connectivity index (χ2v) is 4.26. The first-order valence-electron chi connectivity index (χ1n) is 6.00. The summed E-state index contributed by atoms with van der Waals surface area (Å²) >= 11 is 0. The minimum absolute atomic E-state index is 0.748. The quantitative estimate of drug-likeness (QED) is 0.390. The van der Waals surface area contributed by atoms with Gasteiger partial charge in [-0.25, -0.2) is 0 Å². The predicted molar refractivity (Wildman–Crippen MR) is 66.5 cm³/mol. The molecule has 82 valence electrons. The fourth-order valence-electron chi connectivity index (χ4n) is 1.53. The Kier molecular flexibility index (Phi) is 8.72. The van der Waals surface area contributed by atoms with Crippen molar-refractivity contribution >= 4 is 0 Å². The first-order chi connectivity index (χ1) is 6.70. The van der Waals surface area contributed by atoms with E-state index in [2.05, 4.69) is 45.9 Å². The van der Waals surface area contributed by atoms with Gasteiger partial charge in [0.1, 0.15) is 0 Å². The molecule has 1 unspecified atom stereocenters. The van der Waals surface area contributed by atoms with Crippen LogP contribution in [0.2, 0.25) is 0 Å². The molecule has 0 bridgehead atoms. The first kappa shape index (κ1) is 13.5. The lowest BCUT2D eigenvalue weighted by atomic mass is 9.99. The van der Waals surface area contributed by atoms with Gasteiger partial charge in [-0.15, -0.1) is 0 Å². The summed E-state index contributed by atoms with van der Waals surface area (Å²) < 4.78 is 0. The second-order valence-electron chi connectivity index (χ2n) is 4.26. The maximum atomic E-state index is 2.39. The Hall–Kier alpha value is -0.520. The van der Waals surface area contributed by atoms with Gasteiger partial charge in [0.05, 0.1) is 0 Å². The molecule has 0 heteroatoms. The van der Waals surface area contributed by atoms with Crippen LogP contribution in [0.25, 0.3) is 0 Å². The van der Waals surface area contributed by atoms with Gasteiger partial charge >= 0.3 is 0 Å². The molecule has 0 radical (unpaired) electrons. The Balaban J connectivity index is 3.72. The standard InChI is InChI=1S/C14H26/c1-5-7-8-9-10-11-14(6-2)12-13(3)4/h9-10,12,14H,5-8,11H2,1-4H3. The van der Waals surface area contributed by atoms with Gasteiger partial charge in [-0.2, -0.15) is 0 Å². The van der Waals surface area contributed by atoms with Gasteiger partial charge in [-0.05, 0) is 39.0 Å². The van der Waals surface area contributed by atoms with Crippen LogP contribution in [0.1, 0.15) is 59.8 Å². The SMILES string of the molecule is CCCCC=CCC(C=C(C)C)CC. The average Bonchev–Trinajstić information content (AvgIpc) is 2.15. The smallest absolute Gasteiger partial charge is 0.0199 e. The van der Waals surface area contributed by atoms with Crippen molar-refractivity contribution in [3.05, 3.63) is 23.8 Å². The normalized spacial score (nSPS) is 13.1. The summed E-state index contributed by atoms with van der Waals surface area (Å²) in [7, 11) is 0. The number of hydrogen-bond acceptors (Lipinski definition) is 0. The Labute approximate surface area is 90.1 Å². The van der Waals surface area contributed by atoms with Crippen molar-refractivity contribution in [1.29, 1.82) is 0 Å². The largest absolute Gasteiger partial charge is 0.0885 e.